The summed E-state index contributed by atoms with van der Waals surface area (Å²) in [5, 5.41) is 15.5. The van der Waals surface area contributed by atoms with E-state index in [4.69, 9.17) is 17.3 Å². The van der Waals surface area contributed by atoms with Gasteiger partial charge in [-0.05, 0) is 54.6 Å². The minimum atomic E-state index is 0.175. The van der Waals surface area contributed by atoms with Gasteiger partial charge in [0.2, 0.25) is 0 Å². The largest absolute Gasteiger partial charge is 0.384 e. The van der Waals surface area contributed by atoms with Gasteiger partial charge in [0, 0.05) is 16.8 Å². The molecule has 0 aromatic heterocycles. The molecule has 1 aromatic carbocycles. The van der Waals surface area contributed by atoms with E-state index in [9.17, 15) is 0 Å². The van der Waals surface area contributed by atoms with Crippen LogP contribution in [0.2, 0.25) is 5.02 Å². The maximum Gasteiger partial charge on any atom is 0.141 e. The van der Waals surface area contributed by atoms with E-state index in [1.165, 1.54) is 0 Å². The number of nitrogens with zero attached hydrogens (tertiary/aromatic N) is 4. The van der Waals surface area contributed by atoms with Crippen molar-refractivity contribution in [2.24, 2.45) is 21.2 Å². The Balaban J connectivity index is 1.60. The zero-order valence-electron chi connectivity index (χ0n) is 12.8. The number of halogens is 1. The molecular weight excluding hydrogens is 330 g/mol. The third-order valence-corrected chi connectivity index (χ3v) is 5.35. The van der Waals surface area contributed by atoms with Gasteiger partial charge in [-0.2, -0.15) is 0 Å². The first-order chi connectivity index (χ1) is 11.2. The molecule has 0 spiro atoms. The number of allylic oxidation sites excluding steroid dienone is 1. The highest BCUT2D eigenvalue weighted by molar-refractivity contribution is 8.03. The minimum absolute atomic E-state index is 0.175. The lowest BCUT2D eigenvalue weighted by Crippen LogP contribution is -2.42. The van der Waals surface area contributed by atoms with E-state index in [0.717, 1.165) is 32.4 Å². The average Bonchev–Trinajstić information content (AvgIpc) is 3.19. The maximum atomic E-state index is 6.14. The molecular formula is C16H20ClN5S. The van der Waals surface area contributed by atoms with Crippen LogP contribution < -0.4 is 5.73 Å². The molecule has 2 heterocycles. The Morgan fingerprint density at radius 2 is 2.35 bits per heavy atom. The van der Waals surface area contributed by atoms with Crippen molar-refractivity contribution in [3.05, 3.63) is 40.8 Å². The van der Waals surface area contributed by atoms with Crippen LogP contribution >= 0.6 is 23.4 Å². The van der Waals surface area contributed by atoms with Gasteiger partial charge in [0.15, 0.2) is 0 Å². The highest BCUT2D eigenvalue weighted by Crippen LogP contribution is 2.28. The molecule has 0 aliphatic carbocycles. The molecule has 3 rings (SSSR count). The van der Waals surface area contributed by atoms with Gasteiger partial charge in [-0.25, -0.2) is 0 Å². The molecule has 0 saturated carbocycles. The van der Waals surface area contributed by atoms with Crippen LogP contribution in [0.5, 0.6) is 0 Å². The summed E-state index contributed by atoms with van der Waals surface area (Å²) in [5.74, 6) is 0.546. The number of thioether (sulfide) groups is 1. The number of hydrogen-bond donors (Lipinski definition) is 1. The molecule has 0 bridgehead atoms. The molecule has 23 heavy (non-hydrogen) atoms. The van der Waals surface area contributed by atoms with Crippen molar-refractivity contribution in [2.45, 2.75) is 30.6 Å². The van der Waals surface area contributed by atoms with Crippen molar-refractivity contribution in [3.63, 3.8) is 0 Å². The lowest BCUT2D eigenvalue weighted by atomic mass is 10.2. The van der Waals surface area contributed by atoms with Gasteiger partial charge in [-0.3, -0.25) is 4.90 Å². The fourth-order valence-electron chi connectivity index (χ4n) is 2.92. The summed E-state index contributed by atoms with van der Waals surface area (Å²) in [4.78, 5) is 2.42. The Bertz CT molecular complexity index is 623. The quantitative estimate of drug-likeness (QED) is 0.375. The number of rotatable bonds is 5. The summed E-state index contributed by atoms with van der Waals surface area (Å²) in [6, 6.07) is 7.37. The van der Waals surface area contributed by atoms with E-state index < -0.39 is 0 Å². The van der Waals surface area contributed by atoms with Crippen LogP contribution in [0.4, 0.5) is 5.69 Å². The molecule has 0 radical (unpaired) electrons. The Kier molecular flexibility index (Phi) is 5.70. The van der Waals surface area contributed by atoms with Crippen molar-refractivity contribution in [3.8, 4) is 0 Å². The van der Waals surface area contributed by atoms with Crippen LogP contribution in [0, 0.1) is 0 Å². The third kappa shape index (κ3) is 4.56. The number of amidine groups is 1. The van der Waals surface area contributed by atoms with Crippen molar-refractivity contribution >= 4 is 34.9 Å². The van der Waals surface area contributed by atoms with Gasteiger partial charge < -0.3 is 5.73 Å². The highest BCUT2D eigenvalue weighted by Gasteiger charge is 2.30. The first-order valence-corrected chi connectivity index (χ1v) is 9.08. The Labute approximate surface area is 145 Å². The van der Waals surface area contributed by atoms with E-state index in [1.54, 1.807) is 12.1 Å². The summed E-state index contributed by atoms with van der Waals surface area (Å²) in [5.41, 5.74) is 6.82. The fourth-order valence-corrected chi connectivity index (χ4v) is 4.05. The van der Waals surface area contributed by atoms with Crippen molar-refractivity contribution in [1.29, 1.82) is 0 Å². The lowest BCUT2D eigenvalue weighted by Gasteiger charge is -2.25. The second-order valence-electron chi connectivity index (χ2n) is 5.71. The van der Waals surface area contributed by atoms with Crippen LogP contribution in [0.25, 0.3) is 0 Å². The van der Waals surface area contributed by atoms with Crippen LogP contribution in [0.15, 0.2) is 51.2 Å². The molecule has 0 amide bonds. The minimum Gasteiger partial charge on any atom is -0.384 e. The molecule has 7 heteroatoms. The normalized spacial score (nSPS) is 25.7. The molecule has 1 saturated heterocycles. The lowest BCUT2D eigenvalue weighted by molar-refractivity contribution is 0.302. The molecule has 2 aliphatic heterocycles. The average molecular weight is 350 g/mol. The topological polar surface area (TPSA) is 66.3 Å². The number of likely N-dealkylation sites (tertiary alicyclic amines) is 1. The zero-order chi connectivity index (χ0) is 16.1. The van der Waals surface area contributed by atoms with Crippen molar-refractivity contribution in [2.75, 3.05) is 13.1 Å². The van der Waals surface area contributed by atoms with Crippen LogP contribution in [-0.2, 0) is 0 Å². The Hall–Kier alpha value is -1.37. The Morgan fingerprint density at radius 1 is 1.43 bits per heavy atom. The summed E-state index contributed by atoms with van der Waals surface area (Å²) in [6.07, 6.45) is 5.56. The van der Waals surface area contributed by atoms with E-state index in [0.29, 0.717) is 21.8 Å². The second-order valence-corrected chi connectivity index (χ2v) is 7.36. The molecule has 1 aromatic rings. The van der Waals surface area contributed by atoms with Gasteiger partial charge >= 0.3 is 0 Å². The number of nitrogens with two attached hydrogens (primary N) is 1. The summed E-state index contributed by atoms with van der Waals surface area (Å²) >= 11 is 7.82. The molecule has 5 nitrogen and oxygen atoms in total. The summed E-state index contributed by atoms with van der Waals surface area (Å²) in [6.45, 7) is 2.12. The predicted octanol–water partition coefficient (Wildman–Crippen LogP) is 4.18. The van der Waals surface area contributed by atoms with Gasteiger partial charge in [-0.1, -0.05) is 23.7 Å². The van der Waals surface area contributed by atoms with E-state index in [2.05, 4.69) is 31.8 Å². The molecule has 2 N–H and O–H groups in total. The van der Waals surface area contributed by atoms with E-state index >= 15 is 0 Å². The highest BCUT2D eigenvalue weighted by atomic mass is 35.5. The smallest absolute Gasteiger partial charge is 0.141 e. The molecule has 122 valence electrons. The molecule has 2 atom stereocenters. The third-order valence-electron chi connectivity index (χ3n) is 4.04. The van der Waals surface area contributed by atoms with Gasteiger partial charge in [0.05, 0.1) is 11.7 Å². The number of hydrogen-bond acceptors (Lipinski definition) is 4. The van der Waals surface area contributed by atoms with E-state index in [-0.39, 0.29) is 6.04 Å². The summed E-state index contributed by atoms with van der Waals surface area (Å²) < 4.78 is 0. The number of benzene rings is 1. The molecule has 1 fully saturated rings. The van der Waals surface area contributed by atoms with Crippen LogP contribution in [0.3, 0.4) is 0 Å². The molecule has 2 aliphatic rings. The summed E-state index contributed by atoms with van der Waals surface area (Å²) in [7, 11) is 0. The van der Waals surface area contributed by atoms with Crippen LogP contribution in [0.1, 0.15) is 19.3 Å². The monoisotopic (exact) mass is 349 g/mol. The first-order valence-electron chi connectivity index (χ1n) is 7.76. The van der Waals surface area contributed by atoms with Crippen molar-refractivity contribution in [1.82, 2.24) is 4.90 Å². The standard InChI is InChI=1S/C16H20ClN5S/c17-12-4-1-5-13(10-12)19-21-20-16(18)15-7-2-8-22(15)11-14-6-3-9-23-14/h1,3-5,9-10,14-15H,2,6-8,11H2,(H2,18,19,20). The molecule has 2 unspecified atom stereocenters. The Morgan fingerprint density at radius 3 is 3.13 bits per heavy atom. The van der Waals surface area contributed by atoms with E-state index in [1.807, 2.05) is 23.9 Å². The SMILES string of the molecule is NC(=NN=Nc1cccc(Cl)c1)C1CCCN1CC1CC=CS1. The zero-order valence-corrected chi connectivity index (χ0v) is 14.4. The fraction of sp³-hybridized carbons (Fsp3) is 0.438. The second kappa shape index (κ2) is 7.95. The first kappa shape index (κ1) is 16.5. The van der Waals surface area contributed by atoms with Gasteiger partial charge in [-0.15, -0.1) is 22.0 Å². The van der Waals surface area contributed by atoms with Gasteiger partial charge in [0.1, 0.15) is 5.84 Å². The van der Waals surface area contributed by atoms with Crippen LogP contribution in [-0.4, -0.2) is 35.1 Å². The van der Waals surface area contributed by atoms with Gasteiger partial charge in [0.25, 0.3) is 0 Å². The predicted molar refractivity (Wildman–Crippen MR) is 97.3 cm³/mol. The van der Waals surface area contributed by atoms with Crippen molar-refractivity contribution < 1.29 is 0 Å². The maximum absolute atomic E-state index is 6.14.